The van der Waals surface area contributed by atoms with E-state index in [9.17, 15) is 4.79 Å². The number of fused-ring (bicyclic) bond motifs is 1. The molecular formula is C23H30N4O3. The summed E-state index contributed by atoms with van der Waals surface area (Å²) in [6.07, 6.45) is 8.42. The summed E-state index contributed by atoms with van der Waals surface area (Å²) in [6.45, 7) is 9.72. The molecule has 3 rings (SSSR count). The van der Waals surface area contributed by atoms with Gasteiger partial charge >= 0.3 is 0 Å². The fourth-order valence-electron chi connectivity index (χ4n) is 2.68. The van der Waals surface area contributed by atoms with E-state index in [0.717, 1.165) is 59.3 Å². The number of carbonyl (C=O) groups excluding carboxylic acids is 1. The number of nitrogens with one attached hydrogen (secondary N) is 1. The number of hydrogen-bond acceptors (Lipinski definition) is 5. The third-order valence-electron chi connectivity index (χ3n) is 4.46. The maximum Gasteiger partial charge on any atom is 0.231 e. The summed E-state index contributed by atoms with van der Waals surface area (Å²) in [5.41, 5.74) is 9.06. The Hall–Kier alpha value is -3.35. The number of amides is 1. The molecule has 1 aromatic carbocycles. The molecule has 1 aliphatic heterocycles. The van der Waals surface area contributed by atoms with Crippen molar-refractivity contribution in [3.8, 4) is 22.8 Å². The van der Waals surface area contributed by atoms with Gasteiger partial charge in [-0.2, -0.15) is 0 Å². The second-order valence-electron chi connectivity index (χ2n) is 6.87. The van der Waals surface area contributed by atoms with Gasteiger partial charge in [0, 0.05) is 29.8 Å². The number of nitrogens with zero attached hydrogens (tertiary/aromatic N) is 2. The van der Waals surface area contributed by atoms with Crippen LogP contribution in [0, 0.1) is 0 Å². The van der Waals surface area contributed by atoms with Crippen LogP contribution < -0.4 is 15.2 Å². The fraction of sp³-hybridized carbons (Fsp3) is 0.348. The molecule has 1 aromatic heterocycles. The normalized spacial score (nSPS) is 12.9. The van der Waals surface area contributed by atoms with Crippen molar-refractivity contribution >= 4 is 11.6 Å². The summed E-state index contributed by atoms with van der Waals surface area (Å²) in [5, 5.41) is 0. The number of benzene rings is 1. The molecule has 0 saturated heterocycles. The lowest BCUT2D eigenvalue weighted by Gasteiger charge is -2.00. The van der Waals surface area contributed by atoms with E-state index in [1.165, 1.54) is 0 Å². The zero-order valence-electron chi connectivity index (χ0n) is 17.9. The number of hydrogen-bond donors (Lipinski definition) is 2. The molecule has 0 saturated carbocycles. The number of H-pyrrole nitrogens is 1. The average Bonchev–Trinajstić information content (AvgIpc) is 3.40. The number of rotatable bonds is 8. The van der Waals surface area contributed by atoms with Crippen molar-refractivity contribution < 1.29 is 14.3 Å². The molecule has 0 spiro atoms. The van der Waals surface area contributed by atoms with Crippen molar-refractivity contribution in [2.75, 3.05) is 6.79 Å². The quantitative estimate of drug-likeness (QED) is 0.492. The van der Waals surface area contributed by atoms with Crippen LogP contribution in [0.15, 0.2) is 53.8 Å². The molecule has 7 nitrogen and oxygen atoms in total. The molecule has 30 heavy (non-hydrogen) atoms. The molecule has 0 atom stereocenters. The van der Waals surface area contributed by atoms with Gasteiger partial charge in [-0.3, -0.25) is 9.79 Å². The largest absolute Gasteiger partial charge is 0.454 e. The average molecular weight is 411 g/mol. The predicted molar refractivity (Wildman–Crippen MR) is 120 cm³/mol. The van der Waals surface area contributed by atoms with Gasteiger partial charge in [-0.05, 0) is 57.9 Å². The molecule has 0 fully saturated rings. The van der Waals surface area contributed by atoms with Gasteiger partial charge in [0.05, 0.1) is 11.9 Å². The summed E-state index contributed by atoms with van der Waals surface area (Å²) in [4.78, 5) is 22.5. The number of allylic oxidation sites excluding steroid dienone is 3. The van der Waals surface area contributed by atoms with Crippen molar-refractivity contribution in [1.82, 2.24) is 9.97 Å². The minimum atomic E-state index is -0.254. The van der Waals surface area contributed by atoms with E-state index in [1.54, 1.807) is 12.3 Å². The predicted octanol–water partition coefficient (Wildman–Crippen LogP) is 4.56. The van der Waals surface area contributed by atoms with Gasteiger partial charge in [0.15, 0.2) is 11.5 Å². The first-order valence-electron chi connectivity index (χ1n) is 9.95. The summed E-state index contributed by atoms with van der Waals surface area (Å²) in [5.74, 6) is 2.18. The van der Waals surface area contributed by atoms with Crippen LogP contribution in [0.3, 0.4) is 0 Å². The third kappa shape index (κ3) is 7.24. The standard InChI is InChI=1S/C15H17N3O3.C8H13N/c16-14(19)3-1-2-4-15-17-8-11(18-15)10-5-6-12-13(7-10)21-9-20-12;1-5-7(3)9-8(4)6-2/h5-8H,1-4,9H2,(H2,16,19)(H,17,18);5-6H,1H2,2-4H3/b;8-6-,9-7?. The highest BCUT2D eigenvalue weighted by Gasteiger charge is 2.14. The number of aromatic amines is 1. The van der Waals surface area contributed by atoms with E-state index >= 15 is 0 Å². The monoisotopic (exact) mass is 410 g/mol. The van der Waals surface area contributed by atoms with E-state index < -0.39 is 0 Å². The number of imidazole rings is 1. The summed E-state index contributed by atoms with van der Waals surface area (Å²) in [6, 6.07) is 5.80. The number of primary amides is 1. The number of ether oxygens (including phenoxy) is 2. The van der Waals surface area contributed by atoms with Crippen LogP contribution in [0.1, 0.15) is 45.9 Å². The Morgan fingerprint density at radius 1 is 1.30 bits per heavy atom. The molecule has 0 aliphatic carbocycles. The Balaban J connectivity index is 0.000000303. The topological polar surface area (TPSA) is 103 Å². The van der Waals surface area contributed by atoms with Gasteiger partial charge < -0.3 is 20.2 Å². The first-order valence-corrected chi connectivity index (χ1v) is 9.95. The lowest BCUT2D eigenvalue weighted by molar-refractivity contribution is -0.118. The van der Waals surface area contributed by atoms with Gasteiger partial charge in [0.25, 0.3) is 0 Å². The number of unbranched alkanes of at least 4 members (excludes halogenated alkanes) is 1. The Kier molecular flexibility index (Phi) is 8.87. The number of aliphatic imine (C=N–C) groups is 1. The van der Waals surface area contributed by atoms with Gasteiger partial charge in [-0.25, -0.2) is 4.98 Å². The van der Waals surface area contributed by atoms with Crippen molar-refractivity contribution in [2.24, 2.45) is 10.7 Å². The van der Waals surface area contributed by atoms with Crippen LogP contribution in [-0.4, -0.2) is 28.4 Å². The number of carbonyl (C=O) groups is 1. The highest BCUT2D eigenvalue weighted by Crippen LogP contribution is 2.35. The van der Waals surface area contributed by atoms with Crippen molar-refractivity contribution in [3.63, 3.8) is 0 Å². The van der Waals surface area contributed by atoms with E-state index in [-0.39, 0.29) is 12.7 Å². The van der Waals surface area contributed by atoms with Crippen LogP contribution in [0.25, 0.3) is 11.3 Å². The van der Waals surface area contributed by atoms with E-state index in [1.807, 2.05) is 45.0 Å². The van der Waals surface area contributed by atoms with Gasteiger partial charge in [0.1, 0.15) is 5.82 Å². The second kappa shape index (κ2) is 11.6. The zero-order chi connectivity index (χ0) is 21.9. The first kappa shape index (κ1) is 22.9. The number of aryl methyl sites for hydroxylation is 1. The van der Waals surface area contributed by atoms with Gasteiger partial charge in [0.2, 0.25) is 12.7 Å². The zero-order valence-corrected chi connectivity index (χ0v) is 17.9. The first-order chi connectivity index (χ1) is 14.4. The maximum atomic E-state index is 10.7. The molecule has 2 aromatic rings. The number of nitrogens with two attached hydrogens (primary N) is 1. The highest BCUT2D eigenvalue weighted by molar-refractivity contribution is 5.92. The van der Waals surface area contributed by atoms with Crippen molar-refractivity contribution in [2.45, 2.75) is 46.5 Å². The molecule has 160 valence electrons. The lowest BCUT2D eigenvalue weighted by Crippen LogP contribution is -2.09. The van der Waals surface area contributed by atoms with Crippen LogP contribution in [0.2, 0.25) is 0 Å². The Morgan fingerprint density at radius 3 is 2.77 bits per heavy atom. The van der Waals surface area contributed by atoms with E-state index in [2.05, 4.69) is 21.5 Å². The summed E-state index contributed by atoms with van der Waals surface area (Å²) < 4.78 is 10.7. The number of aromatic nitrogens is 2. The molecule has 1 amide bonds. The van der Waals surface area contributed by atoms with E-state index in [0.29, 0.717) is 6.42 Å². The minimum absolute atomic E-state index is 0.254. The van der Waals surface area contributed by atoms with Crippen LogP contribution >= 0.6 is 0 Å². The smallest absolute Gasteiger partial charge is 0.231 e. The summed E-state index contributed by atoms with van der Waals surface area (Å²) >= 11 is 0. The molecule has 1 aliphatic rings. The van der Waals surface area contributed by atoms with Gasteiger partial charge in [-0.1, -0.05) is 12.7 Å². The third-order valence-corrected chi connectivity index (χ3v) is 4.46. The van der Waals surface area contributed by atoms with Crippen LogP contribution in [0.4, 0.5) is 0 Å². The Morgan fingerprint density at radius 2 is 2.07 bits per heavy atom. The van der Waals surface area contributed by atoms with Crippen LogP contribution in [-0.2, 0) is 11.2 Å². The molecule has 0 unspecified atom stereocenters. The second-order valence-corrected chi connectivity index (χ2v) is 6.87. The minimum Gasteiger partial charge on any atom is -0.454 e. The Labute approximate surface area is 177 Å². The molecule has 3 N–H and O–H groups in total. The lowest BCUT2D eigenvalue weighted by atomic mass is 10.1. The Bertz CT molecular complexity index is 928. The van der Waals surface area contributed by atoms with Crippen LogP contribution in [0.5, 0.6) is 11.5 Å². The maximum absolute atomic E-state index is 10.7. The molecule has 0 radical (unpaired) electrons. The SMILES string of the molecule is C=CC(C)=N/C(C)=C\C.NC(=O)CCCCc1ncc(-c2ccc3c(c2)OCO3)[nH]1. The van der Waals surface area contributed by atoms with E-state index in [4.69, 9.17) is 15.2 Å². The summed E-state index contributed by atoms with van der Waals surface area (Å²) in [7, 11) is 0. The molecule has 2 heterocycles. The highest BCUT2D eigenvalue weighted by atomic mass is 16.7. The molecule has 0 bridgehead atoms. The molecule has 7 heteroatoms. The van der Waals surface area contributed by atoms with Crippen molar-refractivity contribution in [1.29, 1.82) is 0 Å². The molecular weight excluding hydrogens is 380 g/mol. The van der Waals surface area contributed by atoms with Gasteiger partial charge in [-0.15, -0.1) is 0 Å². The fourth-order valence-corrected chi connectivity index (χ4v) is 2.68. The van der Waals surface area contributed by atoms with Crippen molar-refractivity contribution in [3.05, 3.63) is 54.6 Å².